The van der Waals surface area contributed by atoms with E-state index in [-0.39, 0.29) is 0 Å². The van der Waals surface area contributed by atoms with Crippen molar-refractivity contribution in [2.24, 2.45) is 23.2 Å². The highest BCUT2D eigenvalue weighted by Crippen LogP contribution is 2.61. The summed E-state index contributed by atoms with van der Waals surface area (Å²) < 4.78 is 23.0. The zero-order chi connectivity index (χ0) is 15.1. The van der Waals surface area contributed by atoms with Gasteiger partial charge < -0.3 is 5.32 Å². The van der Waals surface area contributed by atoms with Crippen LogP contribution in [0.5, 0.6) is 0 Å². The van der Waals surface area contributed by atoms with Crippen LogP contribution in [-0.4, -0.2) is 33.0 Å². The predicted octanol–water partition coefficient (Wildman–Crippen LogP) is 3.01. The molecule has 4 heteroatoms. The molecule has 0 aromatic heterocycles. The van der Waals surface area contributed by atoms with E-state index in [1.54, 1.807) is 0 Å². The highest BCUT2D eigenvalue weighted by molar-refractivity contribution is 7.90. The summed E-state index contributed by atoms with van der Waals surface area (Å²) in [5, 5.41) is 3.57. The van der Waals surface area contributed by atoms with Crippen LogP contribution in [0.1, 0.15) is 58.3 Å². The number of hydrogen-bond donors (Lipinski definition) is 1. The summed E-state index contributed by atoms with van der Waals surface area (Å²) in [7, 11) is -2.84. The lowest BCUT2D eigenvalue weighted by Gasteiger charge is -2.57. The summed E-state index contributed by atoms with van der Waals surface area (Å²) in [6, 6.07) is 0.390. The quantitative estimate of drug-likeness (QED) is 0.786. The summed E-state index contributed by atoms with van der Waals surface area (Å²) in [6.07, 6.45) is 12.0. The lowest BCUT2D eigenvalue weighted by atomic mass is 9.48. The second kappa shape index (κ2) is 5.84. The van der Waals surface area contributed by atoms with Crippen LogP contribution < -0.4 is 5.32 Å². The maximum atomic E-state index is 11.5. The minimum absolute atomic E-state index is 0.330. The predicted molar refractivity (Wildman–Crippen MR) is 87.0 cm³/mol. The lowest BCUT2D eigenvalue weighted by molar-refractivity contribution is -0.0620. The Kier molecular flexibility index (Phi) is 4.39. The maximum absolute atomic E-state index is 11.5. The Hall–Kier alpha value is -0.0900. The van der Waals surface area contributed by atoms with E-state index in [4.69, 9.17) is 0 Å². The zero-order valence-corrected chi connectivity index (χ0v) is 14.4. The third kappa shape index (κ3) is 3.82. The van der Waals surface area contributed by atoms with E-state index in [9.17, 15) is 8.42 Å². The molecule has 4 aliphatic rings. The second-order valence-corrected chi connectivity index (χ2v) is 10.6. The van der Waals surface area contributed by atoms with E-state index in [2.05, 4.69) is 12.2 Å². The minimum atomic E-state index is -2.84. The highest BCUT2D eigenvalue weighted by Gasteiger charge is 2.51. The van der Waals surface area contributed by atoms with Crippen molar-refractivity contribution < 1.29 is 8.42 Å². The third-order valence-corrected chi connectivity index (χ3v) is 7.15. The smallest absolute Gasteiger partial charge is 0.147 e. The van der Waals surface area contributed by atoms with E-state index in [0.29, 0.717) is 17.2 Å². The molecular formula is C17H31NO2S. The van der Waals surface area contributed by atoms with Crippen molar-refractivity contribution in [3.63, 3.8) is 0 Å². The highest BCUT2D eigenvalue weighted by atomic mass is 32.2. The van der Waals surface area contributed by atoms with Gasteiger partial charge in [-0.05, 0) is 81.1 Å². The topological polar surface area (TPSA) is 46.2 Å². The second-order valence-electron chi connectivity index (χ2n) is 8.29. The van der Waals surface area contributed by atoms with Crippen molar-refractivity contribution in [2.75, 3.05) is 18.6 Å². The Labute approximate surface area is 130 Å². The van der Waals surface area contributed by atoms with Gasteiger partial charge in [-0.3, -0.25) is 0 Å². The number of hydrogen-bond acceptors (Lipinski definition) is 3. The van der Waals surface area contributed by atoms with Gasteiger partial charge in [-0.25, -0.2) is 8.42 Å². The minimum Gasteiger partial charge on any atom is -0.314 e. The van der Waals surface area contributed by atoms with Crippen molar-refractivity contribution >= 4 is 9.84 Å². The first-order valence-electron chi connectivity index (χ1n) is 8.78. The average molecular weight is 314 g/mol. The van der Waals surface area contributed by atoms with Crippen molar-refractivity contribution in [2.45, 2.75) is 64.3 Å². The van der Waals surface area contributed by atoms with E-state index in [0.717, 1.165) is 30.7 Å². The molecule has 0 amide bonds. The molecule has 0 saturated heterocycles. The third-order valence-electron chi connectivity index (χ3n) is 6.17. The molecule has 122 valence electrons. The first kappa shape index (κ1) is 15.8. The van der Waals surface area contributed by atoms with Gasteiger partial charge in [0.1, 0.15) is 9.84 Å². The summed E-state index contributed by atoms with van der Waals surface area (Å²) in [5.74, 6) is 3.27. The van der Waals surface area contributed by atoms with Gasteiger partial charge in [-0.15, -0.1) is 0 Å². The summed E-state index contributed by atoms with van der Waals surface area (Å²) in [5.41, 5.74) is 0.541. The van der Waals surface area contributed by atoms with Crippen LogP contribution in [0.2, 0.25) is 0 Å². The molecule has 1 unspecified atom stereocenters. The number of rotatable bonds is 7. The van der Waals surface area contributed by atoms with Crippen molar-refractivity contribution in [3.05, 3.63) is 0 Å². The molecule has 4 rings (SSSR count). The maximum Gasteiger partial charge on any atom is 0.147 e. The number of sulfone groups is 1. The molecule has 4 aliphatic carbocycles. The van der Waals surface area contributed by atoms with Gasteiger partial charge in [0.25, 0.3) is 0 Å². The van der Waals surface area contributed by atoms with Gasteiger partial charge in [0, 0.05) is 12.3 Å². The fourth-order valence-electron chi connectivity index (χ4n) is 5.98. The van der Waals surface area contributed by atoms with Gasteiger partial charge in [-0.2, -0.15) is 0 Å². The Bertz CT molecular complexity index is 436. The van der Waals surface area contributed by atoms with Crippen LogP contribution in [0.25, 0.3) is 0 Å². The van der Waals surface area contributed by atoms with Crippen LogP contribution in [0.15, 0.2) is 0 Å². The molecule has 0 heterocycles. The molecule has 3 nitrogen and oxygen atoms in total. The van der Waals surface area contributed by atoms with Crippen LogP contribution in [0.3, 0.4) is 0 Å². The van der Waals surface area contributed by atoms with Crippen LogP contribution in [0.4, 0.5) is 0 Å². The van der Waals surface area contributed by atoms with E-state index < -0.39 is 9.84 Å². The van der Waals surface area contributed by atoms with Gasteiger partial charge >= 0.3 is 0 Å². The first-order valence-corrected chi connectivity index (χ1v) is 10.8. The summed E-state index contributed by atoms with van der Waals surface area (Å²) >= 11 is 0. The number of nitrogens with one attached hydrogen (secondary N) is 1. The monoisotopic (exact) mass is 313 g/mol. The van der Waals surface area contributed by atoms with Gasteiger partial charge in [0.2, 0.25) is 0 Å². The van der Waals surface area contributed by atoms with Crippen molar-refractivity contribution in [1.29, 1.82) is 0 Å². The van der Waals surface area contributed by atoms with Crippen LogP contribution in [0, 0.1) is 23.2 Å². The van der Waals surface area contributed by atoms with Gasteiger partial charge in [0.15, 0.2) is 0 Å². The molecule has 1 N–H and O–H groups in total. The molecule has 0 aromatic rings. The lowest BCUT2D eigenvalue weighted by Crippen LogP contribution is -2.49. The van der Waals surface area contributed by atoms with E-state index >= 15 is 0 Å². The van der Waals surface area contributed by atoms with Gasteiger partial charge in [0.05, 0.1) is 5.75 Å². The first-order chi connectivity index (χ1) is 9.87. The normalized spacial score (nSPS) is 39.6. The van der Waals surface area contributed by atoms with Crippen molar-refractivity contribution in [1.82, 2.24) is 5.32 Å². The van der Waals surface area contributed by atoms with Crippen LogP contribution in [-0.2, 0) is 9.84 Å². The molecule has 21 heavy (non-hydrogen) atoms. The molecule has 4 fully saturated rings. The molecule has 0 aliphatic heterocycles. The van der Waals surface area contributed by atoms with Crippen LogP contribution >= 0.6 is 0 Å². The standard InChI is InChI=1S/C17H31NO2S/c1-3-18-16(4-5-21(2,19)20)12-17-9-13-6-14(10-17)8-15(7-13)11-17/h13-16,18H,3-12H2,1-2H3. The SMILES string of the molecule is CCNC(CCS(C)(=O)=O)CC12CC3CC(CC(C3)C1)C2. The Morgan fingerprint density at radius 3 is 2.05 bits per heavy atom. The molecule has 0 radical (unpaired) electrons. The summed E-state index contributed by atoms with van der Waals surface area (Å²) in [6.45, 7) is 3.08. The molecule has 1 atom stereocenters. The molecule has 0 spiro atoms. The van der Waals surface area contributed by atoms with Crippen molar-refractivity contribution in [3.8, 4) is 0 Å². The molecule has 4 saturated carbocycles. The molecular weight excluding hydrogens is 282 g/mol. The Morgan fingerprint density at radius 1 is 1.10 bits per heavy atom. The largest absolute Gasteiger partial charge is 0.314 e. The van der Waals surface area contributed by atoms with Gasteiger partial charge in [-0.1, -0.05) is 6.92 Å². The van der Waals surface area contributed by atoms with E-state index in [1.807, 2.05) is 0 Å². The fraction of sp³-hybridized carbons (Fsp3) is 1.00. The molecule has 0 aromatic carbocycles. The fourth-order valence-corrected chi connectivity index (χ4v) is 6.70. The average Bonchev–Trinajstić information content (AvgIpc) is 2.33. The zero-order valence-electron chi connectivity index (χ0n) is 13.6. The summed E-state index contributed by atoms with van der Waals surface area (Å²) in [4.78, 5) is 0. The Morgan fingerprint density at radius 2 is 1.62 bits per heavy atom. The Balaban J connectivity index is 1.64. The van der Waals surface area contributed by atoms with E-state index in [1.165, 1.54) is 51.2 Å². The molecule has 4 bridgehead atoms.